The lowest BCUT2D eigenvalue weighted by Gasteiger charge is -2.05. The van der Waals surface area contributed by atoms with Crippen LogP contribution in [0, 0.1) is 0 Å². The molecule has 0 fully saturated rings. The van der Waals surface area contributed by atoms with Gasteiger partial charge in [-0.15, -0.1) is 11.3 Å². The Morgan fingerprint density at radius 1 is 0.900 bits per heavy atom. The molecule has 0 aliphatic heterocycles. The molecule has 0 saturated heterocycles. The van der Waals surface area contributed by atoms with E-state index < -0.39 is 0 Å². The molecule has 4 aromatic rings. The second kappa shape index (κ2) is 4.50. The second-order valence-corrected chi connectivity index (χ2v) is 5.02. The van der Waals surface area contributed by atoms with Crippen LogP contribution in [0.5, 0.6) is 11.6 Å². The quantitative estimate of drug-likeness (QED) is 0.563. The Morgan fingerprint density at radius 3 is 2.75 bits per heavy atom. The van der Waals surface area contributed by atoms with E-state index in [2.05, 4.69) is 19.9 Å². The van der Waals surface area contributed by atoms with Crippen LogP contribution in [0.4, 0.5) is 0 Å². The summed E-state index contributed by atoms with van der Waals surface area (Å²) in [5, 5.41) is 2.88. The SMILES string of the molecule is c1cnc2cc(Oc3ncnc4sccc34)ccc2n1. The molecular weight excluding hydrogens is 272 g/mol. The molecule has 1 aromatic carbocycles. The average Bonchev–Trinajstić information content (AvgIpc) is 2.97. The minimum atomic E-state index is 0.555. The number of aromatic nitrogens is 4. The molecule has 4 rings (SSSR count). The van der Waals surface area contributed by atoms with Gasteiger partial charge in [0.15, 0.2) is 0 Å². The Bertz CT molecular complexity index is 906. The highest BCUT2D eigenvalue weighted by Crippen LogP contribution is 2.30. The van der Waals surface area contributed by atoms with E-state index in [1.165, 1.54) is 6.33 Å². The van der Waals surface area contributed by atoms with Crippen molar-refractivity contribution in [2.75, 3.05) is 0 Å². The minimum Gasteiger partial charge on any atom is -0.438 e. The Balaban J connectivity index is 1.78. The first-order valence-electron chi connectivity index (χ1n) is 5.97. The first-order valence-corrected chi connectivity index (χ1v) is 6.85. The van der Waals surface area contributed by atoms with Gasteiger partial charge in [-0.1, -0.05) is 0 Å². The van der Waals surface area contributed by atoms with E-state index >= 15 is 0 Å². The highest BCUT2D eigenvalue weighted by molar-refractivity contribution is 7.16. The Kier molecular flexibility index (Phi) is 2.53. The molecule has 0 radical (unpaired) electrons. The molecule has 6 heteroatoms. The topological polar surface area (TPSA) is 60.8 Å². The van der Waals surface area contributed by atoms with Gasteiger partial charge in [0.25, 0.3) is 0 Å². The highest BCUT2D eigenvalue weighted by atomic mass is 32.1. The molecule has 5 nitrogen and oxygen atoms in total. The van der Waals surface area contributed by atoms with Gasteiger partial charge in [-0.25, -0.2) is 9.97 Å². The molecular formula is C14H8N4OS. The van der Waals surface area contributed by atoms with E-state index in [1.807, 2.05) is 29.6 Å². The summed E-state index contributed by atoms with van der Waals surface area (Å²) < 4.78 is 5.85. The van der Waals surface area contributed by atoms with Crippen molar-refractivity contribution < 1.29 is 4.74 Å². The molecule has 0 unspecified atom stereocenters. The zero-order valence-electron chi connectivity index (χ0n) is 10.2. The van der Waals surface area contributed by atoms with Gasteiger partial charge in [-0.2, -0.15) is 0 Å². The minimum absolute atomic E-state index is 0.555. The summed E-state index contributed by atoms with van der Waals surface area (Å²) in [6, 6.07) is 7.54. The van der Waals surface area contributed by atoms with Crippen LogP contribution in [0.3, 0.4) is 0 Å². The average molecular weight is 280 g/mol. The maximum absolute atomic E-state index is 5.85. The van der Waals surface area contributed by atoms with Crippen molar-refractivity contribution in [3.63, 3.8) is 0 Å². The lowest BCUT2D eigenvalue weighted by molar-refractivity contribution is 0.469. The summed E-state index contributed by atoms with van der Waals surface area (Å²) in [6.07, 6.45) is 4.84. The van der Waals surface area contributed by atoms with Gasteiger partial charge in [-0.3, -0.25) is 9.97 Å². The molecule has 20 heavy (non-hydrogen) atoms. The van der Waals surface area contributed by atoms with Gasteiger partial charge < -0.3 is 4.74 Å². The van der Waals surface area contributed by atoms with Crippen LogP contribution >= 0.6 is 11.3 Å². The third kappa shape index (κ3) is 1.86. The Labute approximate surface area is 117 Å². The van der Waals surface area contributed by atoms with Gasteiger partial charge in [0.05, 0.1) is 16.4 Å². The molecule has 0 bridgehead atoms. The number of nitrogens with zero attached hydrogens (tertiary/aromatic N) is 4. The Morgan fingerprint density at radius 2 is 1.80 bits per heavy atom. The summed E-state index contributed by atoms with van der Waals surface area (Å²) in [7, 11) is 0. The largest absolute Gasteiger partial charge is 0.438 e. The van der Waals surface area contributed by atoms with E-state index in [1.54, 1.807) is 23.7 Å². The lowest BCUT2D eigenvalue weighted by Crippen LogP contribution is -1.90. The normalized spacial score (nSPS) is 11.0. The number of benzene rings is 1. The summed E-state index contributed by atoms with van der Waals surface area (Å²) in [6.45, 7) is 0. The number of rotatable bonds is 2. The maximum atomic E-state index is 5.85. The van der Waals surface area contributed by atoms with Crippen LogP contribution < -0.4 is 4.74 Å². The first kappa shape index (κ1) is 11.2. The molecule has 96 valence electrons. The monoisotopic (exact) mass is 280 g/mol. The van der Waals surface area contributed by atoms with E-state index in [0.29, 0.717) is 11.6 Å². The Hall–Kier alpha value is -2.60. The van der Waals surface area contributed by atoms with Crippen LogP contribution in [-0.2, 0) is 0 Å². The fraction of sp³-hybridized carbons (Fsp3) is 0. The number of thiophene rings is 1. The summed E-state index contributed by atoms with van der Waals surface area (Å²) in [5.41, 5.74) is 1.63. The van der Waals surface area contributed by atoms with Crippen LogP contribution in [0.1, 0.15) is 0 Å². The standard InChI is InChI=1S/C14H8N4OS/c1-2-11-12(16-5-4-15-11)7-9(1)19-13-10-3-6-20-14(10)18-8-17-13/h1-8H. The van der Waals surface area contributed by atoms with Crippen molar-refractivity contribution in [2.24, 2.45) is 0 Å². The highest BCUT2D eigenvalue weighted by Gasteiger charge is 2.07. The molecule has 0 N–H and O–H groups in total. The van der Waals surface area contributed by atoms with Gasteiger partial charge in [0, 0.05) is 18.5 Å². The van der Waals surface area contributed by atoms with E-state index in [4.69, 9.17) is 4.74 Å². The third-order valence-corrected chi connectivity index (χ3v) is 3.70. The van der Waals surface area contributed by atoms with Crippen LogP contribution in [0.2, 0.25) is 0 Å². The van der Waals surface area contributed by atoms with Gasteiger partial charge >= 0.3 is 0 Å². The van der Waals surface area contributed by atoms with Crippen molar-refractivity contribution in [2.45, 2.75) is 0 Å². The summed E-state index contributed by atoms with van der Waals surface area (Å²) >= 11 is 1.56. The zero-order chi connectivity index (χ0) is 13.4. The predicted octanol–water partition coefficient (Wildman–Crippen LogP) is 3.43. The number of hydrogen-bond donors (Lipinski definition) is 0. The maximum Gasteiger partial charge on any atom is 0.231 e. The molecule has 0 amide bonds. The lowest BCUT2D eigenvalue weighted by atomic mass is 10.3. The fourth-order valence-corrected chi connectivity index (χ4v) is 2.69. The molecule has 0 aliphatic rings. The fourth-order valence-electron chi connectivity index (χ4n) is 1.97. The van der Waals surface area contributed by atoms with Crippen molar-refractivity contribution in [1.29, 1.82) is 0 Å². The summed E-state index contributed by atoms with van der Waals surface area (Å²) in [4.78, 5) is 17.8. The van der Waals surface area contributed by atoms with E-state index in [9.17, 15) is 0 Å². The van der Waals surface area contributed by atoms with Crippen LogP contribution in [-0.4, -0.2) is 19.9 Å². The van der Waals surface area contributed by atoms with E-state index in [-0.39, 0.29) is 0 Å². The van der Waals surface area contributed by atoms with Crippen LogP contribution in [0.15, 0.2) is 48.4 Å². The molecule has 3 aromatic heterocycles. The van der Waals surface area contributed by atoms with Gasteiger partial charge in [0.2, 0.25) is 5.88 Å². The smallest absolute Gasteiger partial charge is 0.231 e. The van der Waals surface area contributed by atoms with Crippen molar-refractivity contribution in [3.8, 4) is 11.6 Å². The predicted molar refractivity (Wildman–Crippen MR) is 77.0 cm³/mol. The third-order valence-electron chi connectivity index (χ3n) is 2.88. The summed E-state index contributed by atoms with van der Waals surface area (Å²) in [5.74, 6) is 1.24. The number of ether oxygens (including phenoxy) is 1. The molecule has 0 aliphatic carbocycles. The van der Waals surface area contributed by atoms with Gasteiger partial charge in [-0.05, 0) is 23.6 Å². The molecule has 0 atom stereocenters. The van der Waals surface area contributed by atoms with Crippen molar-refractivity contribution in [3.05, 3.63) is 48.4 Å². The number of fused-ring (bicyclic) bond motifs is 2. The molecule has 0 spiro atoms. The van der Waals surface area contributed by atoms with E-state index in [0.717, 1.165) is 21.3 Å². The van der Waals surface area contributed by atoms with Crippen molar-refractivity contribution in [1.82, 2.24) is 19.9 Å². The molecule has 3 heterocycles. The molecule has 0 saturated carbocycles. The second-order valence-electron chi connectivity index (χ2n) is 4.13. The van der Waals surface area contributed by atoms with Crippen molar-refractivity contribution >= 4 is 32.6 Å². The first-order chi connectivity index (χ1) is 9.90. The zero-order valence-corrected chi connectivity index (χ0v) is 11.0. The van der Waals surface area contributed by atoms with Crippen LogP contribution in [0.25, 0.3) is 21.3 Å². The number of hydrogen-bond acceptors (Lipinski definition) is 6. The van der Waals surface area contributed by atoms with Gasteiger partial charge in [0.1, 0.15) is 16.9 Å².